The van der Waals surface area contributed by atoms with E-state index in [2.05, 4.69) is 0 Å². The first-order valence-electron chi connectivity index (χ1n) is 7.82. The lowest BCUT2D eigenvalue weighted by atomic mass is 10.1. The molecule has 1 aromatic heterocycles. The van der Waals surface area contributed by atoms with Crippen LogP contribution in [0.4, 0.5) is 0 Å². The number of aromatic nitrogens is 2. The molecule has 3 heterocycles. The van der Waals surface area contributed by atoms with E-state index in [0.29, 0.717) is 0 Å². The zero-order valence-electron chi connectivity index (χ0n) is 13.6. The van der Waals surface area contributed by atoms with Crippen molar-refractivity contribution < 1.29 is 40.1 Å². The third-order valence-electron chi connectivity index (χ3n) is 4.08. The lowest BCUT2D eigenvalue weighted by molar-refractivity contribution is -0.0550. The van der Waals surface area contributed by atoms with E-state index >= 15 is 0 Å². The van der Waals surface area contributed by atoms with Crippen LogP contribution in [-0.4, -0.2) is 96.6 Å². The molecule has 0 aromatic carbocycles. The Morgan fingerprint density at radius 1 is 1.04 bits per heavy atom. The van der Waals surface area contributed by atoms with Crippen LogP contribution < -0.4 is 11.2 Å². The molecule has 1 aromatic rings. The van der Waals surface area contributed by atoms with E-state index in [1.165, 1.54) is 0 Å². The van der Waals surface area contributed by atoms with Crippen molar-refractivity contribution in [3.8, 4) is 0 Å². The lowest BCUT2D eigenvalue weighted by Gasteiger charge is -2.16. The summed E-state index contributed by atoms with van der Waals surface area (Å²) in [5.74, 6) is 0. The lowest BCUT2D eigenvalue weighted by Crippen LogP contribution is -2.37. The first-order valence-corrected chi connectivity index (χ1v) is 7.82. The zero-order chi connectivity index (χ0) is 19.4. The third-order valence-corrected chi connectivity index (χ3v) is 4.08. The number of aliphatic hydroxyl groups is 6. The van der Waals surface area contributed by atoms with Gasteiger partial charge in [-0.2, -0.15) is 0 Å². The van der Waals surface area contributed by atoms with Crippen LogP contribution >= 0.6 is 0 Å². The topological polar surface area (TPSA) is 195 Å². The van der Waals surface area contributed by atoms with E-state index in [1.54, 1.807) is 0 Å². The van der Waals surface area contributed by atoms with Crippen LogP contribution in [-0.2, 0) is 9.47 Å². The summed E-state index contributed by atoms with van der Waals surface area (Å²) in [6.07, 6.45) is -5.93. The van der Waals surface area contributed by atoms with Gasteiger partial charge < -0.3 is 40.1 Å². The summed E-state index contributed by atoms with van der Waals surface area (Å²) in [7, 11) is 0. The van der Waals surface area contributed by atoms with Gasteiger partial charge in [0.05, 0.1) is 19.8 Å². The monoisotopic (exact) mass is 378 g/mol. The van der Waals surface area contributed by atoms with Crippen molar-refractivity contribution in [3.05, 3.63) is 33.1 Å². The average Bonchev–Trinajstić information content (AvgIpc) is 3.09. The number of rotatable bonds is 3. The number of hydrogen-bond acceptors (Lipinski definition) is 10. The fourth-order valence-corrected chi connectivity index (χ4v) is 2.57. The van der Waals surface area contributed by atoms with E-state index in [-0.39, 0.29) is 13.2 Å². The van der Waals surface area contributed by atoms with Crippen LogP contribution in [0.3, 0.4) is 0 Å². The summed E-state index contributed by atoms with van der Waals surface area (Å²) in [5, 5.41) is 54.3. The van der Waals surface area contributed by atoms with Gasteiger partial charge >= 0.3 is 5.69 Å². The number of nitrogens with one attached hydrogen (secondary N) is 1. The highest BCUT2D eigenvalue weighted by Gasteiger charge is 2.43. The molecule has 0 saturated carbocycles. The molecule has 0 radical (unpaired) electrons. The van der Waals surface area contributed by atoms with Gasteiger partial charge in [0.2, 0.25) is 0 Å². The molecule has 2 aliphatic heterocycles. The fourth-order valence-electron chi connectivity index (χ4n) is 2.57. The molecule has 7 atom stereocenters. The third kappa shape index (κ3) is 4.36. The first kappa shape index (κ1) is 20.7. The largest absolute Gasteiger partial charge is 0.394 e. The summed E-state index contributed by atoms with van der Waals surface area (Å²) in [5.41, 5.74) is -1.33. The van der Waals surface area contributed by atoms with E-state index in [0.717, 1.165) is 16.8 Å². The van der Waals surface area contributed by atoms with Crippen molar-refractivity contribution in [1.29, 1.82) is 0 Å². The molecule has 3 rings (SSSR count). The molecule has 12 heteroatoms. The predicted octanol–water partition coefficient (Wildman–Crippen LogP) is -4.75. The molecular formula is C14H22N2O10. The van der Waals surface area contributed by atoms with Gasteiger partial charge in [-0.05, 0) is 0 Å². The summed E-state index contributed by atoms with van der Waals surface area (Å²) < 4.78 is 10.9. The second-order valence-corrected chi connectivity index (χ2v) is 5.86. The quantitative estimate of drug-likeness (QED) is 0.268. The highest BCUT2D eigenvalue weighted by atomic mass is 16.6. The van der Waals surface area contributed by atoms with Gasteiger partial charge in [0, 0.05) is 12.3 Å². The van der Waals surface area contributed by atoms with Crippen molar-refractivity contribution >= 4 is 0 Å². The molecule has 0 amide bonds. The van der Waals surface area contributed by atoms with Crippen LogP contribution in [0.5, 0.6) is 0 Å². The zero-order valence-corrected chi connectivity index (χ0v) is 13.6. The van der Waals surface area contributed by atoms with Crippen LogP contribution in [0, 0.1) is 0 Å². The summed E-state index contributed by atoms with van der Waals surface area (Å²) in [6.45, 7) is -0.600. The van der Waals surface area contributed by atoms with E-state index < -0.39 is 60.7 Å². The first-order chi connectivity index (χ1) is 12.3. The Kier molecular flexibility index (Phi) is 7.02. The molecule has 26 heavy (non-hydrogen) atoms. The number of nitrogens with zero attached hydrogens (tertiary/aromatic N) is 1. The van der Waals surface area contributed by atoms with Gasteiger partial charge in [-0.1, -0.05) is 0 Å². The van der Waals surface area contributed by atoms with Gasteiger partial charge in [0.1, 0.15) is 36.6 Å². The van der Waals surface area contributed by atoms with Gasteiger partial charge in [0.25, 0.3) is 5.56 Å². The average molecular weight is 378 g/mol. The number of aliphatic hydroxyl groups excluding tert-OH is 6. The SMILES string of the molecule is O=c1ccn([C@H]2O[C@@H](CO)C(O)C2O)c(=O)[nH]1.OC[C@H]1OC[C@H](O)[C@@H]1O. The number of H-pyrrole nitrogens is 1. The summed E-state index contributed by atoms with van der Waals surface area (Å²) in [6, 6.07) is 1.09. The summed E-state index contributed by atoms with van der Waals surface area (Å²) >= 11 is 0. The normalized spacial score (nSPS) is 36.6. The van der Waals surface area contributed by atoms with Gasteiger partial charge in [-0.15, -0.1) is 0 Å². The molecule has 0 aliphatic carbocycles. The molecule has 2 aliphatic rings. The molecule has 148 valence electrons. The molecule has 12 nitrogen and oxygen atoms in total. The minimum atomic E-state index is -1.35. The van der Waals surface area contributed by atoms with Crippen LogP contribution in [0.25, 0.3) is 0 Å². The van der Waals surface area contributed by atoms with Crippen molar-refractivity contribution in [2.75, 3.05) is 19.8 Å². The smallest absolute Gasteiger partial charge is 0.330 e. The second kappa shape index (κ2) is 8.83. The van der Waals surface area contributed by atoms with Crippen LogP contribution in [0.1, 0.15) is 6.23 Å². The maximum absolute atomic E-state index is 11.4. The standard InChI is InChI=1S/C9H12N2O6.C5H10O4/c12-3-4-6(14)7(15)8(17-4)11-2-1-5(13)10-9(11)16;6-1-4-5(8)3(7)2-9-4/h1-2,4,6-8,12,14-15H,3H2,(H,10,13,16);3-8H,1-2H2/t4-,6?,7?,8-;3-,4+,5-/m00/s1. The predicted molar refractivity (Wildman–Crippen MR) is 83.2 cm³/mol. The second-order valence-electron chi connectivity index (χ2n) is 5.86. The van der Waals surface area contributed by atoms with E-state index in [1.807, 2.05) is 4.98 Å². The fraction of sp³-hybridized carbons (Fsp3) is 0.714. The molecule has 0 bridgehead atoms. The molecule has 7 N–H and O–H groups in total. The van der Waals surface area contributed by atoms with Crippen molar-refractivity contribution in [3.63, 3.8) is 0 Å². The number of ether oxygens (including phenoxy) is 2. The van der Waals surface area contributed by atoms with Crippen molar-refractivity contribution in [1.82, 2.24) is 9.55 Å². The molecule has 0 spiro atoms. The van der Waals surface area contributed by atoms with Crippen LogP contribution in [0.15, 0.2) is 21.9 Å². The Morgan fingerprint density at radius 3 is 2.12 bits per heavy atom. The molecular weight excluding hydrogens is 356 g/mol. The Bertz CT molecular complexity index is 691. The molecule has 2 saturated heterocycles. The van der Waals surface area contributed by atoms with E-state index in [9.17, 15) is 19.8 Å². The Morgan fingerprint density at radius 2 is 1.69 bits per heavy atom. The number of aromatic amines is 1. The Hall–Kier alpha value is -1.64. The Labute approximate surface area is 146 Å². The Balaban J connectivity index is 0.000000228. The minimum absolute atomic E-state index is 0.117. The molecule has 2 unspecified atom stereocenters. The van der Waals surface area contributed by atoms with Crippen molar-refractivity contribution in [2.45, 2.75) is 42.9 Å². The van der Waals surface area contributed by atoms with Crippen LogP contribution in [0.2, 0.25) is 0 Å². The van der Waals surface area contributed by atoms with Crippen molar-refractivity contribution in [2.24, 2.45) is 0 Å². The number of hydrogen-bond donors (Lipinski definition) is 7. The maximum Gasteiger partial charge on any atom is 0.330 e. The van der Waals surface area contributed by atoms with E-state index in [4.69, 9.17) is 29.9 Å². The molecule has 2 fully saturated rings. The highest BCUT2D eigenvalue weighted by Crippen LogP contribution is 2.27. The maximum atomic E-state index is 11.4. The van der Waals surface area contributed by atoms with Gasteiger partial charge in [0.15, 0.2) is 6.23 Å². The highest BCUT2D eigenvalue weighted by molar-refractivity contribution is 4.92. The summed E-state index contributed by atoms with van der Waals surface area (Å²) in [4.78, 5) is 24.3. The van der Waals surface area contributed by atoms with Gasteiger partial charge in [-0.25, -0.2) is 4.79 Å². The van der Waals surface area contributed by atoms with Gasteiger partial charge in [-0.3, -0.25) is 14.3 Å². The minimum Gasteiger partial charge on any atom is -0.394 e.